The Kier molecular flexibility index (Phi) is 5.87. The van der Waals surface area contributed by atoms with Gasteiger partial charge in [-0.05, 0) is 77.4 Å². The first-order chi connectivity index (χ1) is 15.6. The molecule has 1 saturated heterocycles. The van der Waals surface area contributed by atoms with E-state index in [-0.39, 0.29) is 11.7 Å². The standard InChI is InChI=1S/C26H22FIN2O2/c27-19-11-13-20(14-12-19)30-21-9-6-10-22(32-17-18-7-2-1-3-8-18)23(21)24(28)25(30)26(31)29-15-4-5-16-29/h1-3,6-14H,4-5,15-17H2. The van der Waals surface area contributed by atoms with Crippen molar-refractivity contribution >= 4 is 39.4 Å². The number of hydrogen-bond acceptors (Lipinski definition) is 2. The molecule has 5 rings (SSSR count). The van der Waals surface area contributed by atoms with Crippen LogP contribution in [0, 0.1) is 9.39 Å². The van der Waals surface area contributed by atoms with Crippen molar-refractivity contribution in [1.82, 2.24) is 9.47 Å². The molecule has 2 heterocycles. The maximum atomic E-state index is 13.6. The zero-order valence-electron chi connectivity index (χ0n) is 17.4. The fourth-order valence-electron chi connectivity index (χ4n) is 4.24. The van der Waals surface area contributed by atoms with E-state index in [4.69, 9.17) is 4.74 Å². The van der Waals surface area contributed by atoms with Crippen molar-refractivity contribution in [3.05, 3.63) is 93.4 Å². The van der Waals surface area contributed by atoms with Gasteiger partial charge in [0.2, 0.25) is 0 Å². The first-order valence-electron chi connectivity index (χ1n) is 10.7. The summed E-state index contributed by atoms with van der Waals surface area (Å²) in [6.07, 6.45) is 2.04. The normalized spacial score (nSPS) is 13.6. The molecule has 1 aromatic heterocycles. The number of carbonyl (C=O) groups is 1. The molecule has 1 aliphatic rings. The summed E-state index contributed by atoms with van der Waals surface area (Å²) in [4.78, 5) is 15.5. The van der Waals surface area contributed by atoms with E-state index in [0.717, 1.165) is 57.4 Å². The second-order valence-electron chi connectivity index (χ2n) is 7.90. The molecule has 4 aromatic rings. The second-order valence-corrected chi connectivity index (χ2v) is 8.98. The number of halogens is 2. The van der Waals surface area contributed by atoms with Gasteiger partial charge in [0, 0.05) is 18.8 Å². The van der Waals surface area contributed by atoms with Crippen molar-refractivity contribution in [2.75, 3.05) is 13.1 Å². The third-order valence-corrected chi connectivity index (χ3v) is 6.86. The number of likely N-dealkylation sites (tertiary alicyclic amines) is 1. The molecule has 32 heavy (non-hydrogen) atoms. The number of rotatable bonds is 5. The highest BCUT2D eigenvalue weighted by Crippen LogP contribution is 2.38. The molecule has 1 amide bonds. The summed E-state index contributed by atoms with van der Waals surface area (Å²) >= 11 is 2.25. The predicted molar refractivity (Wildman–Crippen MR) is 132 cm³/mol. The van der Waals surface area contributed by atoms with Gasteiger partial charge in [0.1, 0.15) is 23.9 Å². The zero-order valence-corrected chi connectivity index (χ0v) is 19.6. The summed E-state index contributed by atoms with van der Waals surface area (Å²) in [5, 5.41) is 0.899. The van der Waals surface area contributed by atoms with Crippen LogP contribution in [0.4, 0.5) is 4.39 Å². The van der Waals surface area contributed by atoms with Crippen molar-refractivity contribution in [1.29, 1.82) is 0 Å². The highest BCUT2D eigenvalue weighted by Gasteiger charge is 2.29. The topological polar surface area (TPSA) is 34.5 Å². The van der Waals surface area contributed by atoms with Crippen molar-refractivity contribution in [3.63, 3.8) is 0 Å². The van der Waals surface area contributed by atoms with Crippen LogP contribution < -0.4 is 4.74 Å². The molecule has 1 aliphatic heterocycles. The molecular weight excluding hydrogens is 518 g/mol. The molecule has 6 heteroatoms. The van der Waals surface area contributed by atoms with Gasteiger partial charge in [0.15, 0.2) is 0 Å². The lowest BCUT2D eigenvalue weighted by atomic mass is 10.2. The highest BCUT2D eigenvalue weighted by atomic mass is 127. The van der Waals surface area contributed by atoms with Crippen LogP contribution in [0.25, 0.3) is 16.6 Å². The Morgan fingerprint density at radius 1 is 0.938 bits per heavy atom. The SMILES string of the molecule is O=C(c1c(I)c2c(OCc3ccccc3)cccc2n1-c1ccc(F)cc1)N1CCCC1. The third kappa shape index (κ3) is 3.88. The predicted octanol–water partition coefficient (Wildman–Crippen LogP) is 6.19. The van der Waals surface area contributed by atoms with Crippen molar-refractivity contribution in [3.8, 4) is 11.4 Å². The minimum absolute atomic E-state index is 0.00133. The lowest BCUT2D eigenvalue weighted by molar-refractivity contribution is 0.0784. The van der Waals surface area contributed by atoms with E-state index >= 15 is 0 Å². The summed E-state index contributed by atoms with van der Waals surface area (Å²) in [6.45, 7) is 1.96. The van der Waals surface area contributed by atoms with Gasteiger partial charge in [-0.3, -0.25) is 4.79 Å². The number of amides is 1. The molecule has 0 atom stereocenters. The van der Waals surface area contributed by atoms with Crippen LogP contribution in [0.5, 0.6) is 5.75 Å². The molecular formula is C26H22FIN2O2. The van der Waals surface area contributed by atoms with Gasteiger partial charge in [0.25, 0.3) is 5.91 Å². The minimum Gasteiger partial charge on any atom is -0.488 e. The molecule has 0 saturated carbocycles. The number of carbonyl (C=O) groups excluding carboxylic acids is 1. The van der Waals surface area contributed by atoms with Crippen molar-refractivity contribution in [2.45, 2.75) is 19.4 Å². The van der Waals surface area contributed by atoms with Gasteiger partial charge in [-0.15, -0.1) is 0 Å². The van der Waals surface area contributed by atoms with Gasteiger partial charge in [-0.25, -0.2) is 4.39 Å². The maximum absolute atomic E-state index is 13.6. The first-order valence-corrected chi connectivity index (χ1v) is 11.8. The highest BCUT2D eigenvalue weighted by molar-refractivity contribution is 14.1. The Labute approximate surface area is 199 Å². The summed E-state index contributed by atoms with van der Waals surface area (Å²) in [6, 6.07) is 22.1. The summed E-state index contributed by atoms with van der Waals surface area (Å²) in [5.74, 6) is 0.424. The van der Waals surface area contributed by atoms with E-state index in [1.807, 2.05) is 58.0 Å². The smallest absolute Gasteiger partial charge is 0.271 e. The fraction of sp³-hybridized carbons (Fsp3) is 0.192. The monoisotopic (exact) mass is 540 g/mol. The van der Waals surface area contributed by atoms with Gasteiger partial charge in [-0.2, -0.15) is 0 Å². The molecule has 0 spiro atoms. The lowest BCUT2D eigenvalue weighted by Gasteiger charge is -2.18. The molecule has 0 radical (unpaired) electrons. The molecule has 0 N–H and O–H groups in total. The summed E-state index contributed by atoms with van der Waals surface area (Å²) in [7, 11) is 0. The molecule has 162 valence electrons. The molecule has 0 bridgehead atoms. The Balaban J connectivity index is 1.66. The zero-order chi connectivity index (χ0) is 22.1. The largest absolute Gasteiger partial charge is 0.488 e. The van der Waals surface area contributed by atoms with E-state index in [9.17, 15) is 9.18 Å². The van der Waals surface area contributed by atoms with Crippen LogP contribution in [-0.4, -0.2) is 28.5 Å². The number of fused-ring (bicyclic) bond motifs is 1. The number of benzene rings is 3. The summed E-state index contributed by atoms with van der Waals surface area (Å²) < 4.78 is 22.6. The fourth-order valence-corrected chi connectivity index (χ4v) is 5.25. The van der Waals surface area contributed by atoms with E-state index in [2.05, 4.69) is 22.6 Å². The number of hydrogen-bond donors (Lipinski definition) is 0. The first kappa shape index (κ1) is 21.0. The second kappa shape index (κ2) is 8.94. The Bertz CT molecular complexity index is 1260. The van der Waals surface area contributed by atoms with Gasteiger partial charge in [-0.1, -0.05) is 36.4 Å². The van der Waals surface area contributed by atoms with Gasteiger partial charge < -0.3 is 14.2 Å². The Morgan fingerprint density at radius 3 is 2.38 bits per heavy atom. The lowest BCUT2D eigenvalue weighted by Crippen LogP contribution is -2.30. The molecule has 0 aliphatic carbocycles. The van der Waals surface area contributed by atoms with Crippen LogP contribution in [0.1, 0.15) is 28.9 Å². The number of nitrogens with zero attached hydrogens (tertiary/aromatic N) is 2. The van der Waals surface area contributed by atoms with Crippen molar-refractivity contribution < 1.29 is 13.9 Å². The quantitative estimate of drug-likeness (QED) is 0.283. The van der Waals surface area contributed by atoms with E-state index in [1.54, 1.807) is 12.1 Å². The molecule has 4 nitrogen and oxygen atoms in total. The Hall–Kier alpha value is -2.87. The van der Waals surface area contributed by atoms with Crippen LogP contribution >= 0.6 is 22.6 Å². The number of aromatic nitrogens is 1. The summed E-state index contributed by atoms with van der Waals surface area (Å²) in [5.41, 5.74) is 3.30. The van der Waals surface area contributed by atoms with Crippen LogP contribution in [-0.2, 0) is 6.61 Å². The average Bonchev–Trinajstić information content (AvgIpc) is 3.46. The van der Waals surface area contributed by atoms with Gasteiger partial charge in [0.05, 0.1) is 14.5 Å². The van der Waals surface area contributed by atoms with Crippen LogP contribution in [0.15, 0.2) is 72.8 Å². The molecule has 1 fully saturated rings. The average molecular weight is 540 g/mol. The third-order valence-electron chi connectivity index (χ3n) is 5.81. The maximum Gasteiger partial charge on any atom is 0.271 e. The van der Waals surface area contributed by atoms with Gasteiger partial charge >= 0.3 is 0 Å². The minimum atomic E-state index is -0.306. The molecule has 0 unspecified atom stereocenters. The van der Waals surface area contributed by atoms with Crippen LogP contribution in [0.3, 0.4) is 0 Å². The van der Waals surface area contributed by atoms with Crippen molar-refractivity contribution in [2.24, 2.45) is 0 Å². The van der Waals surface area contributed by atoms with E-state index in [0.29, 0.717) is 12.3 Å². The number of ether oxygens (including phenoxy) is 1. The van der Waals surface area contributed by atoms with Crippen LogP contribution in [0.2, 0.25) is 0 Å². The van der Waals surface area contributed by atoms with E-state index in [1.165, 1.54) is 12.1 Å². The Morgan fingerprint density at radius 2 is 1.66 bits per heavy atom. The molecule has 3 aromatic carbocycles. The van der Waals surface area contributed by atoms with E-state index < -0.39 is 0 Å².